The van der Waals surface area contributed by atoms with Crippen LogP contribution in [0.2, 0.25) is 0 Å². The summed E-state index contributed by atoms with van der Waals surface area (Å²) in [4.78, 5) is 11.8. The standard InChI is InChI=1S/C13H18O4/c1-13(2,12(14)17-5)10-8-9(15-3)6-7-11(10)16-4/h6-8H,1-5H3. The second-order valence-electron chi connectivity index (χ2n) is 4.18. The van der Waals surface area contributed by atoms with E-state index in [-0.39, 0.29) is 5.97 Å². The lowest BCUT2D eigenvalue weighted by atomic mass is 9.84. The minimum Gasteiger partial charge on any atom is -0.497 e. The molecule has 0 N–H and O–H groups in total. The van der Waals surface area contributed by atoms with E-state index in [9.17, 15) is 4.79 Å². The number of benzene rings is 1. The molecule has 4 heteroatoms. The Hall–Kier alpha value is -1.71. The maximum atomic E-state index is 11.8. The molecule has 0 radical (unpaired) electrons. The van der Waals surface area contributed by atoms with Crippen LogP contribution in [0.3, 0.4) is 0 Å². The molecule has 0 bridgehead atoms. The predicted octanol–water partition coefficient (Wildman–Crippen LogP) is 2.15. The Labute approximate surface area is 101 Å². The molecule has 4 nitrogen and oxygen atoms in total. The van der Waals surface area contributed by atoms with Crippen LogP contribution in [0.25, 0.3) is 0 Å². The molecule has 94 valence electrons. The Balaban J connectivity index is 3.31. The van der Waals surface area contributed by atoms with Crippen LogP contribution in [-0.2, 0) is 14.9 Å². The fourth-order valence-corrected chi connectivity index (χ4v) is 1.67. The summed E-state index contributed by atoms with van der Waals surface area (Å²) in [6, 6.07) is 5.35. The Morgan fingerprint density at radius 3 is 2.24 bits per heavy atom. The third-order valence-corrected chi connectivity index (χ3v) is 2.78. The third-order valence-electron chi connectivity index (χ3n) is 2.78. The zero-order chi connectivity index (χ0) is 13.1. The van der Waals surface area contributed by atoms with Crippen LogP contribution in [0.1, 0.15) is 19.4 Å². The average Bonchev–Trinajstić information content (AvgIpc) is 2.36. The maximum absolute atomic E-state index is 11.8. The van der Waals surface area contributed by atoms with Crippen LogP contribution in [-0.4, -0.2) is 27.3 Å². The fraction of sp³-hybridized carbons (Fsp3) is 0.462. The SMILES string of the molecule is COC(=O)C(C)(C)c1cc(OC)ccc1OC. The molecule has 0 aliphatic carbocycles. The van der Waals surface area contributed by atoms with E-state index in [0.29, 0.717) is 11.5 Å². The summed E-state index contributed by atoms with van der Waals surface area (Å²) in [6.07, 6.45) is 0. The average molecular weight is 238 g/mol. The first-order chi connectivity index (χ1) is 7.97. The summed E-state index contributed by atoms with van der Waals surface area (Å²) in [7, 11) is 4.52. The zero-order valence-electron chi connectivity index (χ0n) is 10.9. The molecule has 0 saturated carbocycles. The molecule has 0 heterocycles. The highest BCUT2D eigenvalue weighted by atomic mass is 16.5. The monoisotopic (exact) mass is 238 g/mol. The van der Waals surface area contributed by atoms with E-state index < -0.39 is 5.41 Å². The number of ether oxygens (including phenoxy) is 3. The lowest BCUT2D eigenvalue weighted by molar-refractivity contribution is -0.146. The van der Waals surface area contributed by atoms with Gasteiger partial charge in [0.2, 0.25) is 0 Å². The van der Waals surface area contributed by atoms with Crippen molar-refractivity contribution in [2.24, 2.45) is 0 Å². The minimum atomic E-state index is -0.783. The lowest BCUT2D eigenvalue weighted by Gasteiger charge is -2.24. The highest BCUT2D eigenvalue weighted by molar-refractivity contribution is 5.83. The van der Waals surface area contributed by atoms with Gasteiger partial charge in [0.25, 0.3) is 0 Å². The van der Waals surface area contributed by atoms with Crippen LogP contribution in [0.5, 0.6) is 11.5 Å². The number of carbonyl (C=O) groups is 1. The maximum Gasteiger partial charge on any atom is 0.315 e. The van der Waals surface area contributed by atoms with Crippen LogP contribution in [0, 0.1) is 0 Å². The number of hydrogen-bond acceptors (Lipinski definition) is 4. The van der Waals surface area contributed by atoms with Crippen molar-refractivity contribution >= 4 is 5.97 Å². The highest BCUT2D eigenvalue weighted by Gasteiger charge is 2.34. The quantitative estimate of drug-likeness (QED) is 0.754. The van der Waals surface area contributed by atoms with Gasteiger partial charge in [-0.05, 0) is 32.0 Å². The lowest BCUT2D eigenvalue weighted by Crippen LogP contribution is -2.30. The summed E-state index contributed by atoms with van der Waals surface area (Å²) in [5.41, 5.74) is -0.0413. The molecule has 0 aliphatic rings. The molecular weight excluding hydrogens is 220 g/mol. The van der Waals surface area contributed by atoms with Gasteiger partial charge in [-0.15, -0.1) is 0 Å². The van der Waals surface area contributed by atoms with Gasteiger partial charge in [-0.25, -0.2) is 0 Å². The first kappa shape index (κ1) is 13.4. The van der Waals surface area contributed by atoms with E-state index in [4.69, 9.17) is 14.2 Å². The summed E-state index contributed by atoms with van der Waals surface area (Å²) < 4.78 is 15.2. The van der Waals surface area contributed by atoms with Crippen molar-refractivity contribution in [1.82, 2.24) is 0 Å². The van der Waals surface area contributed by atoms with Crippen molar-refractivity contribution in [2.45, 2.75) is 19.3 Å². The summed E-state index contributed by atoms with van der Waals surface area (Å²) in [5, 5.41) is 0. The van der Waals surface area contributed by atoms with Crippen molar-refractivity contribution in [3.8, 4) is 11.5 Å². The van der Waals surface area contributed by atoms with E-state index in [1.807, 2.05) is 0 Å². The van der Waals surface area contributed by atoms with E-state index in [2.05, 4.69) is 0 Å². The molecule has 0 fully saturated rings. The Kier molecular flexibility index (Phi) is 3.99. The van der Waals surface area contributed by atoms with Gasteiger partial charge >= 0.3 is 5.97 Å². The minimum absolute atomic E-state index is 0.316. The number of methoxy groups -OCH3 is 3. The highest BCUT2D eigenvalue weighted by Crippen LogP contribution is 2.35. The first-order valence-corrected chi connectivity index (χ1v) is 5.28. The van der Waals surface area contributed by atoms with E-state index >= 15 is 0 Å². The van der Waals surface area contributed by atoms with Crippen LogP contribution in [0.15, 0.2) is 18.2 Å². The zero-order valence-corrected chi connectivity index (χ0v) is 10.9. The number of rotatable bonds is 4. The summed E-state index contributed by atoms with van der Waals surface area (Å²) in [5.74, 6) is 1.00. The smallest absolute Gasteiger partial charge is 0.315 e. The van der Waals surface area contributed by atoms with Gasteiger partial charge in [0, 0.05) is 5.56 Å². The van der Waals surface area contributed by atoms with Gasteiger partial charge in [0.05, 0.1) is 26.7 Å². The van der Waals surface area contributed by atoms with Gasteiger partial charge in [0.1, 0.15) is 11.5 Å². The molecule has 1 aromatic carbocycles. The molecule has 1 rings (SSSR count). The van der Waals surface area contributed by atoms with Crippen molar-refractivity contribution in [3.63, 3.8) is 0 Å². The van der Waals surface area contributed by atoms with E-state index in [1.165, 1.54) is 7.11 Å². The molecule has 0 aromatic heterocycles. The molecule has 0 unspecified atom stereocenters. The predicted molar refractivity (Wildman–Crippen MR) is 64.6 cm³/mol. The third kappa shape index (κ3) is 2.52. The van der Waals surface area contributed by atoms with Gasteiger partial charge < -0.3 is 14.2 Å². The fourth-order valence-electron chi connectivity index (χ4n) is 1.67. The number of carbonyl (C=O) groups excluding carboxylic acids is 1. The van der Waals surface area contributed by atoms with Gasteiger partial charge in [-0.2, -0.15) is 0 Å². The Morgan fingerprint density at radius 1 is 1.12 bits per heavy atom. The summed E-state index contributed by atoms with van der Waals surface area (Å²) >= 11 is 0. The number of esters is 1. The van der Waals surface area contributed by atoms with E-state index in [1.54, 1.807) is 46.3 Å². The van der Waals surface area contributed by atoms with Crippen LogP contribution < -0.4 is 9.47 Å². The van der Waals surface area contributed by atoms with Gasteiger partial charge in [0.15, 0.2) is 0 Å². The Bertz CT molecular complexity index is 410. The summed E-state index contributed by atoms with van der Waals surface area (Å²) in [6.45, 7) is 3.58. The van der Waals surface area contributed by atoms with Crippen molar-refractivity contribution < 1.29 is 19.0 Å². The first-order valence-electron chi connectivity index (χ1n) is 5.28. The number of hydrogen-bond donors (Lipinski definition) is 0. The molecule has 17 heavy (non-hydrogen) atoms. The van der Waals surface area contributed by atoms with Gasteiger partial charge in [-0.3, -0.25) is 4.79 Å². The van der Waals surface area contributed by atoms with Crippen molar-refractivity contribution in [3.05, 3.63) is 23.8 Å². The Morgan fingerprint density at radius 2 is 1.76 bits per heavy atom. The van der Waals surface area contributed by atoms with Gasteiger partial charge in [-0.1, -0.05) is 0 Å². The molecular formula is C13H18O4. The second kappa shape index (κ2) is 5.08. The normalized spacial score (nSPS) is 10.9. The van der Waals surface area contributed by atoms with Crippen LogP contribution in [0.4, 0.5) is 0 Å². The van der Waals surface area contributed by atoms with Crippen molar-refractivity contribution in [1.29, 1.82) is 0 Å². The van der Waals surface area contributed by atoms with E-state index in [0.717, 1.165) is 5.56 Å². The molecule has 0 saturated heterocycles. The topological polar surface area (TPSA) is 44.8 Å². The molecule has 0 atom stereocenters. The largest absolute Gasteiger partial charge is 0.497 e. The molecule has 0 aliphatic heterocycles. The van der Waals surface area contributed by atoms with Crippen molar-refractivity contribution in [2.75, 3.05) is 21.3 Å². The van der Waals surface area contributed by atoms with Crippen LogP contribution >= 0.6 is 0 Å². The molecule has 0 amide bonds. The second-order valence-corrected chi connectivity index (χ2v) is 4.18. The molecule has 0 spiro atoms. The molecule has 1 aromatic rings.